The average molecular weight is 424 g/mol. The number of benzene rings is 1. The smallest absolute Gasteiger partial charge is 0.336 e. The molecule has 0 amide bonds. The molecule has 0 saturated heterocycles. The highest BCUT2D eigenvalue weighted by atomic mass is 19.1. The fourth-order valence-corrected chi connectivity index (χ4v) is 3.31. The fourth-order valence-electron chi connectivity index (χ4n) is 3.31. The maximum Gasteiger partial charge on any atom is 0.336 e. The molecule has 0 aliphatic carbocycles. The van der Waals surface area contributed by atoms with Crippen molar-refractivity contribution in [2.75, 3.05) is 12.8 Å². The molecule has 1 unspecified atom stereocenters. The summed E-state index contributed by atoms with van der Waals surface area (Å²) in [4.78, 5) is 15.7. The minimum Gasteiger partial charge on any atom is -0.482 e. The molecule has 3 aromatic rings. The van der Waals surface area contributed by atoms with Gasteiger partial charge in [0.15, 0.2) is 11.6 Å². The van der Waals surface area contributed by atoms with E-state index in [9.17, 15) is 19.6 Å². The molecule has 3 rings (SSSR count). The van der Waals surface area contributed by atoms with Crippen LogP contribution in [0.15, 0.2) is 30.5 Å². The van der Waals surface area contributed by atoms with Gasteiger partial charge in [-0.1, -0.05) is 0 Å². The van der Waals surface area contributed by atoms with Gasteiger partial charge in [0.25, 0.3) is 0 Å². The number of carbonyl (C=O) groups is 1. The lowest BCUT2D eigenvalue weighted by Gasteiger charge is -2.18. The topological polar surface area (TPSA) is 139 Å². The van der Waals surface area contributed by atoms with Gasteiger partial charge in [0.05, 0.1) is 11.3 Å². The lowest BCUT2D eigenvalue weighted by Crippen LogP contribution is -2.12. The molecule has 0 fully saturated rings. The van der Waals surface area contributed by atoms with Crippen molar-refractivity contribution in [2.24, 2.45) is 7.05 Å². The number of nitrogens with zero attached hydrogens (tertiary/aromatic N) is 4. The Morgan fingerprint density at radius 1 is 1.45 bits per heavy atom. The molecule has 0 spiro atoms. The van der Waals surface area contributed by atoms with Gasteiger partial charge in [0.1, 0.15) is 23.7 Å². The first-order valence-electron chi connectivity index (χ1n) is 9.32. The van der Waals surface area contributed by atoms with Crippen LogP contribution in [0.3, 0.4) is 0 Å². The number of anilines is 1. The lowest BCUT2D eigenvalue weighted by molar-refractivity contribution is 0.0691. The number of hydrogen-bond donors (Lipinski definition) is 3. The number of nitriles is 1. The summed E-state index contributed by atoms with van der Waals surface area (Å²) in [6.45, 7) is 2.01. The largest absolute Gasteiger partial charge is 0.482 e. The van der Waals surface area contributed by atoms with E-state index in [4.69, 9.17) is 10.5 Å². The number of carboxylic acid groups (broad SMARTS) is 1. The van der Waals surface area contributed by atoms with E-state index in [-0.39, 0.29) is 22.7 Å². The van der Waals surface area contributed by atoms with Crippen molar-refractivity contribution in [3.05, 3.63) is 58.8 Å². The summed E-state index contributed by atoms with van der Waals surface area (Å²) < 4.78 is 21.1. The summed E-state index contributed by atoms with van der Waals surface area (Å²) in [5, 5.41) is 26.4. The van der Waals surface area contributed by atoms with E-state index in [1.165, 1.54) is 16.9 Å². The Morgan fingerprint density at radius 3 is 2.84 bits per heavy atom. The van der Waals surface area contributed by atoms with Crippen LogP contribution in [0.4, 0.5) is 10.2 Å². The van der Waals surface area contributed by atoms with Gasteiger partial charge in [-0.25, -0.2) is 14.2 Å². The van der Waals surface area contributed by atoms with Crippen LogP contribution in [0, 0.1) is 17.1 Å². The Balaban J connectivity index is 2.04. The molecule has 0 aliphatic rings. The number of aromatic nitrogens is 3. The molecule has 160 valence electrons. The van der Waals surface area contributed by atoms with E-state index in [2.05, 4.69) is 21.5 Å². The lowest BCUT2D eigenvalue weighted by atomic mass is 10.0. The number of nitrogens with two attached hydrogens (primary N) is 1. The number of ether oxygens (including phenoxy) is 1. The van der Waals surface area contributed by atoms with Crippen LogP contribution in [0.25, 0.3) is 11.1 Å². The normalized spacial score (nSPS) is 11.7. The minimum atomic E-state index is -1.20. The molecule has 0 bridgehead atoms. The molecule has 31 heavy (non-hydrogen) atoms. The van der Waals surface area contributed by atoms with Gasteiger partial charge in [-0.05, 0) is 38.2 Å². The van der Waals surface area contributed by atoms with Crippen molar-refractivity contribution in [2.45, 2.75) is 19.6 Å². The first kappa shape index (κ1) is 21.7. The van der Waals surface area contributed by atoms with E-state index in [1.54, 1.807) is 27.1 Å². The molecule has 1 atom stereocenters. The van der Waals surface area contributed by atoms with Gasteiger partial charge >= 0.3 is 5.97 Å². The first-order chi connectivity index (χ1) is 14.8. The van der Waals surface area contributed by atoms with Crippen LogP contribution < -0.4 is 15.8 Å². The van der Waals surface area contributed by atoms with Crippen molar-refractivity contribution >= 4 is 11.8 Å². The molecule has 10 heteroatoms. The Bertz CT molecular complexity index is 1180. The summed E-state index contributed by atoms with van der Waals surface area (Å²) >= 11 is 0. The first-order valence-corrected chi connectivity index (χ1v) is 9.32. The highest BCUT2D eigenvalue weighted by molar-refractivity contribution is 5.89. The third-order valence-corrected chi connectivity index (χ3v) is 4.73. The SMILES string of the molecule is CNCc1nn(C)c(C#N)c1-c1cnc(N)c(OC(C)c2cc(F)ccc2C(=O)O)c1. The minimum absolute atomic E-state index is 0.0708. The molecule has 9 nitrogen and oxygen atoms in total. The Morgan fingerprint density at radius 2 is 2.19 bits per heavy atom. The second kappa shape index (κ2) is 8.81. The Labute approximate surface area is 177 Å². The third-order valence-electron chi connectivity index (χ3n) is 4.73. The summed E-state index contributed by atoms with van der Waals surface area (Å²) in [6, 6.07) is 7.11. The Hall–Kier alpha value is -3.97. The second-order valence-corrected chi connectivity index (χ2v) is 6.84. The summed E-state index contributed by atoms with van der Waals surface area (Å²) in [7, 11) is 3.43. The molecule has 0 aliphatic heterocycles. The predicted octanol–water partition coefficient (Wildman–Crippen LogP) is 2.63. The summed E-state index contributed by atoms with van der Waals surface area (Å²) in [5.74, 6) is -1.53. The zero-order chi connectivity index (χ0) is 22.7. The van der Waals surface area contributed by atoms with Crippen LogP contribution in [0.1, 0.15) is 40.3 Å². The number of nitrogen functional groups attached to an aromatic ring is 1. The zero-order valence-corrected chi connectivity index (χ0v) is 17.2. The molecular weight excluding hydrogens is 403 g/mol. The number of halogens is 1. The number of aryl methyl sites for hydroxylation is 1. The highest BCUT2D eigenvalue weighted by Crippen LogP contribution is 2.34. The van der Waals surface area contributed by atoms with Crippen molar-refractivity contribution < 1.29 is 19.0 Å². The molecule has 0 saturated carbocycles. The highest BCUT2D eigenvalue weighted by Gasteiger charge is 2.22. The standard InChI is InChI=1S/C21H21FN6O3/c1-11(15-7-13(22)4-5-14(15)21(29)30)31-18-6-12(9-26-20(18)24)19-16(10-25-2)27-28(3)17(19)8-23/h4-7,9,11,25H,10H2,1-3H3,(H2,24,26)(H,29,30). The summed E-state index contributed by atoms with van der Waals surface area (Å²) in [5.41, 5.74) is 8.18. The van der Waals surface area contributed by atoms with E-state index in [0.717, 1.165) is 12.1 Å². The van der Waals surface area contributed by atoms with Crippen molar-refractivity contribution in [1.29, 1.82) is 5.26 Å². The van der Waals surface area contributed by atoms with Crippen LogP contribution in [0.2, 0.25) is 0 Å². The zero-order valence-electron chi connectivity index (χ0n) is 17.2. The number of rotatable bonds is 7. The third kappa shape index (κ3) is 4.31. The molecule has 0 radical (unpaired) electrons. The van der Waals surface area contributed by atoms with Gasteiger partial charge in [0.2, 0.25) is 0 Å². The number of aromatic carboxylic acids is 1. The molecule has 1 aromatic carbocycles. The molecule has 4 N–H and O–H groups in total. The van der Waals surface area contributed by atoms with Crippen molar-refractivity contribution in [1.82, 2.24) is 20.1 Å². The van der Waals surface area contributed by atoms with Crippen LogP contribution in [0.5, 0.6) is 5.75 Å². The molecule has 2 aromatic heterocycles. The van der Waals surface area contributed by atoms with Gasteiger partial charge in [0, 0.05) is 36.5 Å². The predicted molar refractivity (Wildman–Crippen MR) is 111 cm³/mol. The maximum absolute atomic E-state index is 13.7. The van der Waals surface area contributed by atoms with Gasteiger partial charge < -0.3 is 20.9 Å². The Kier molecular flexibility index (Phi) is 6.17. The van der Waals surface area contributed by atoms with E-state index >= 15 is 0 Å². The van der Waals surface area contributed by atoms with Gasteiger partial charge in [-0.15, -0.1) is 0 Å². The van der Waals surface area contributed by atoms with E-state index in [1.807, 2.05) is 0 Å². The number of nitrogens with one attached hydrogen (secondary N) is 1. The van der Waals surface area contributed by atoms with Gasteiger partial charge in [-0.3, -0.25) is 4.68 Å². The van der Waals surface area contributed by atoms with Crippen LogP contribution in [-0.4, -0.2) is 32.9 Å². The fraction of sp³-hybridized carbons (Fsp3) is 0.238. The second-order valence-electron chi connectivity index (χ2n) is 6.84. The number of carboxylic acids is 1. The average Bonchev–Trinajstić information content (AvgIpc) is 3.04. The monoisotopic (exact) mass is 424 g/mol. The van der Waals surface area contributed by atoms with Crippen LogP contribution >= 0.6 is 0 Å². The maximum atomic E-state index is 13.7. The van der Waals surface area contributed by atoms with Crippen molar-refractivity contribution in [3.63, 3.8) is 0 Å². The van der Waals surface area contributed by atoms with Crippen molar-refractivity contribution in [3.8, 4) is 22.9 Å². The van der Waals surface area contributed by atoms with Gasteiger partial charge in [-0.2, -0.15) is 10.4 Å². The van der Waals surface area contributed by atoms with Crippen LogP contribution in [-0.2, 0) is 13.6 Å². The van der Waals surface area contributed by atoms with E-state index < -0.39 is 17.9 Å². The molecular formula is C21H21FN6O3. The van der Waals surface area contributed by atoms with E-state index in [0.29, 0.717) is 29.1 Å². The summed E-state index contributed by atoms with van der Waals surface area (Å²) in [6.07, 6.45) is 0.677. The molecule has 2 heterocycles. The quantitative estimate of drug-likeness (QED) is 0.526. The number of pyridine rings is 1. The number of hydrogen-bond acceptors (Lipinski definition) is 7.